The quantitative estimate of drug-likeness (QED) is 0.734. The van der Waals surface area contributed by atoms with Crippen LogP contribution in [0.15, 0.2) is 12.1 Å². The van der Waals surface area contributed by atoms with Crippen molar-refractivity contribution in [2.75, 3.05) is 11.9 Å². The van der Waals surface area contributed by atoms with Gasteiger partial charge in [0.15, 0.2) is 5.75 Å². The highest BCUT2D eigenvalue weighted by Crippen LogP contribution is 2.34. The van der Waals surface area contributed by atoms with Crippen LogP contribution in [0.4, 0.5) is 5.69 Å². The highest BCUT2D eigenvalue weighted by molar-refractivity contribution is 6.37. The summed E-state index contributed by atoms with van der Waals surface area (Å²) in [5.74, 6) is -0.278. The number of halogens is 2. The third-order valence-electron chi connectivity index (χ3n) is 2.91. The van der Waals surface area contributed by atoms with Gasteiger partial charge in [-0.25, -0.2) is 0 Å². The molecule has 1 aromatic carbocycles. The third kappa shape index (κ3) is 3.07. The molecular weight excluding hydrogens is 275 g/mol. The van der Waals surface area contributed by atoms with E-state index in [0.29, 0.717) is 5.69 Å². The number of amides is 1. The van der Waals surface area contributed by atoms with Crippen molar-refractivity contribution in [1.82, 2.24) is 5.32 Å². The molecule has 0 bridgehead atoms. The van der Waals surface area contributed by atoms with E-state index in [9.17, 15) is 9.90 Å². The maximum Gasteiger partial charge on any atom is 0.241 e. The molecule has 4 nitrogen and oxygen atoms in total. The Morgan fingerprint density at radius 2 is 2.00 bits per heavy atom. The lowest BCUT2D eigenvalue weighted by molar-refractivity contribution is -0.118. The molecule has 1 heterocycles. The Labute approximate surface area is 115 Å². The molecular formula is C12H14Cl2N2O2. The molecule has 0 saturated carbocycles. The summed E-state index contributed by atoms with van der Waals surface area (Å²) < 4.78 is 0. The van der Waals surface area contributed by atoms with E-state index in [4.69, 9.17) is 23.2 Å². The Morgan fingerprint density at radius 1 is 1.33 bits per heavy atom. The summed E-state index contributed by atoms with van der Waals surface area (Å²) in [6.07, 6.45) is 2.97. The molecule has 3 N–H and O–H groups in total. The topological polar surface area (TPSA) is 61.4 Å². The summed E-state index contributed by atoms with van der Waals surface area (Å²) in [4.78, 5) is 12.0. The number of benzene rings is 1. The van der Waals surface area contributed by atoms with Crippen molar-refractivity contribution >= 4 is 34.8 Å². The fourth-order valence-electron chi connectivity index (χ4n) is 1.94. The summed E-state index contributed by atoms with van der Waals surface area (Å²) in [7, 11) is 0. The van der Waals surface area contributed by atoms with Gasteiger partial charge in [0.1, 0.15) is 0 Å². The fraction of sp³-hybridized carbons (Fsp3) is 0.417. The second-order valence-corrected chi connectivity index (χ2v) is 5.09. The van der Waals surface area contributed by atoms with E-state index >= 15 is 0 Å². The minimum Gasteiger partial charge on any atom is -0.505 e. The lowest BCUT2D eigenvalue weighted by Gasteiger charge is -2.22. The van der Waals surface area contributed by atoms with Crippen LogP contribution >= 0.6 is 23.2 Å². The number of rotatable bonds is 2. The largest absolute Gasteiger partial charge is 0.505 e. The molecule has 1 amide bonds. The summed E-state index contributed by atoms with van der Waals surface area (Å²) in [6, 6.07) is 2.78. The molecule has 1 atom stereocenters. The molecule has 98 valence electrons. The zero-order valence-corrected chi connectivity index (χ0v) is 11.2. The second kappa shape index (κ2) is 5.78. The van der Waals surface area contributed by atoms with Gasteiger partial charge in [0.05, 0.1) is 16.1 Å². The van der Waals surface area contributed by atoms with Crippen LogP contribution in [0, 0.1) is 0 Å². The van der Waals surface area contributed by atoms with Crippen LogP contribution in [0.3, 0.4) is 0 Å². The van der Waals surface area contributed by atoms with Gasteiger partial charge in [-0.3, -0.25) is 4.79 Å². The van der Waals surface area contributed by atoms with Gasteiger partial charge in [0, 0.05) is 5.69 Å². The van der Waals surface area contributed by atoms with E-state index in [1.807, 2.05) is 0 Å². The number of phenols is 1. The Bertz CT molecular complexity index is 436. The predicted molar refractivity (Wildman–Crippen MR) is 72.4 cm³/mol. The second-order valence-electron chi connectivity index (χ2n) is 4.28. The minimum absolute atomic E-state index is 0.104. The van der Waals surface area contributed by atoms with E-state index in [1.54, 1.807) is 0 Å². The Balaban J connectivity index is 2.06. The number of piperidine rings is 1. The third-order valence-corrected chi connectivity index (χ3v) is 3.49. The van der Waals surface area contributed by atoms with Crippen LogP contribution in [0.1, 0.15) is 19.3 Å². The molecule has 1 aromatic rings. The number of aromatic hydroxyl groups is 1. The van der Waals surface area contributed by atoms with Crippen molar-refractivity contribution in [2.45, 2.75) is 25.3 Å². The number of phenolic OH excluding ortho intramolecular Hbond substituents is 1. The molecule has 0 spiro atoms. The number of carbonyl (C=O) groups excluding carboxylic acids is 1. The summed E-state index contributed by atoms with van der Waals surface area (Å²) >= 11 is 11.6. The van der Waals surface area contributed by atoms with Gasteiger partial charge < -0.3 is 15.7 Å². The standard InChI is InChI=1S/C12H14Cl2N2O2/c13-8-5-7(6-9(14)11(8)17)16-12(18)10-3-1-2-4-15-10/h5-6,10,15,17H,1-4H2,(H,16,18). The summed E-state index contributed by atoms with van der Waals surface area (Å²) in [6.45, 7) is 0.856. The number of anilines is 1. The molecule has 1 fully saturated rings. The first kappa shape index (κ1) is 13.5. The first-order valence-corrected chi connectivity index (χ1v) is 6.56. The van der Waals surface area contributed by atoms with Crippen molar-refractivity contribution < 1.29 is 9.90 Å². The van der Waals surface area contributed by atoms with Crippen LogP contribution < -0.4 is 10.6 Å². The van der Waals surface area contributed by atoms with Gasteiger partial charge in [-0.15, -0.1) is 0 Å². The van der Waals surface area contributed by atoms with Crippen molar-refractivity contribution in [3.63, 3.8) is 0 Å². The lowest BCUT2D eigenvalue weighted by atomic mass is 10.0. The normalized spacial score (nSPS) is 19.6. The van der Waals surface area contributed by atoms with Crippen LogP contribution in [0.5, 0.6) is 5.75 Å². The highest BCUT2D eigenvalue weighted by atomic mass is 35.5. The zero-order valence-electron chi connectivity index (χ0n) is 9.67. The van der Waals surface area contributed by atoms with Crippen LogP contribution in [0.25, 0.3) is 0 Å². The predicted octanol–water partition coefficient (Wildman–Crippen LogP) is 2.78. The van der Waals surface area contributed by atoms with Crippen molar-refractivity contribution in [3.8, 4) is 5.75 Å². The molecule has 18 heavy (non-hydrogen) atoms. The van der Waals surface area contributed by atoms with Gasteiger partial charge in [-0.2, -0.15) is 0 Å². The van der Waals surface area contributed by atoms with Gasteiger partial charge >= 0.3 is 0 Å². The highest BCUT2D eigenvalue weighted by Gasteiger charge is 2.20. The molecule has 1 unspecified atom stereocenters. The number of carbonyl (C=O) groups is 1. The number of hydrogen-bond acceptors (Lipinski definition) is 3. The monoisotopic (exact) mass is 288 g/mol. The first-order valence-electron chi connectivity index (χ1n) is 5.80. The summed E-state index contributed by atoms with van der Waals surface area (Å²) in [5, 5.41) is 15.6. The lowest BCUT2D eigenvalue weighted by Crippen LogP contribution is -2.43. The van der Waals surface area contributed by atoms with E-state index < -0.39 is 0 Å². The Morgan fingerprint density at radius 3 is 2.56 bits per heavy atom. The maximum atomic E-state index is 12.0. The van der Waals surface area contributed by atoms with Crippen molar-refractivity contribution in [3.05, 3.63) is 22.2 Å². The zero-order chi connectivity index (χ0) is 13.1. The Hall–Kier alpha value is -0.970. The molecule has 0 aromatic heterocycles. The fourth-order valence-corrected chi connectivity index (χ4v) is 2.43. The number of nitrogens with one attached hydrogen (secondary N) is 2. The van der Waals surface area contributed by atoms with Gasteiger partial charge in [0.25, 0.3) is 0 Å². The molecule has 1 aliphatic heterocycles. The molecule has 6 heteroatoms. The Kier molecular flexibility index (Phi) is 4.32. The molecule has 1 saturated heterocycles. The van der Waals surface area contributed by atoms with Crippen LogP contribution in [-0.2, 0) is 4.79 Å². The molecule has 2 rings (SSSR count). The van der Waals surface area contributed by atoms with E-state index in [1.165, 1.54) is 12.1 Å². The van der Waals surface area contributed by atoms with E-state index in [0.717, 1.165) is 25.8 Å². The number of hydrogen-bond donors (Lipinski definition) is 3. The average molecular weight is 289 g/mol. The van der Waals surface area contributed by atoms with Gasteiger partial charge in [0.2, 0.25) is 5.91 Å². The maximum absolute atomic E-state index is 12.0. The minimum atomic E-state index is -0.176. The average Bonchev–Trinajstić information content (AvgIpc) is 2.37. The van der Waals surface area contributed by atoms with Crippen LogP contribution in [-0.4, -0.2) is 23.6 Å². The molecule has 1 aliphatic rings. The van der Waals surface area contributed by atoms with Crippen LogP contribution in [0.2, 0.25) is 10.0 Å². The van der Waals surface area contributed by atoms with Gasteiger partial charge in [-0.05, 0) is 31.5 Å². The van der Waals surface area contributed by atoms with E-state index in [2.05, 4.69) is 10.6 Å². The first-order chi connectivity index (χ1) is 8.58. The van der Waals surface area contributed by atoms with Crippen molar-refractivity contribution in [2.24, 2.45) is 0 Å². The summed E-state index contributed by atoms with van der Waals surface area (Å²) in [5.41, 5.74) is 0.486. The molecule has 0 radical (unpaired) electrons. The van der Waals surface area contributed by atoms with Gasteiger partial charge in [-0.1, -0.05) is 29.6 Å². The SMILES string of the molecule is O=C(Nc1cc(Cl)c(O)c(Cl)c1)C1CCCCN1. The van der Waals surface area contributed by atoms with Crippen molar-refractivity contribution in [1.29, 1.82) is 0 Å². The smallest absolute Gasteiger partial charge is 0.241 e. The molecule has 0 aliphatic carbocycles. The van der Waals surface area contributed by atoms with E-state index in [-0.39, 0.29) is 27.7 Å².